The Balaban J connectivity index is 2.07. The number of para-hydroxylation sites is 1. The van der Waals surface area contributed by atoms with Crippen molar-refractivity contribution < 1.29 is 31.5 Å². The minimum absolute atomic E-state index is 0.177. The van der Waals surface area contributed by atoms with Crippen molar-refractivity contribution in [3.8, 4) is 5.75 Å². The van der Waals surface area contributed by atoms with Crippen LogP contribution in [0, 0.1) is 11.6 Å². The van der Waals surface area contributed by atoms with E-state index in [9.17, 15) is 26.7 Å². The molecule has 4 nitrogen and oxygen atoms in total. The first-order valence-corrected chi connectivity index (χ1v) is 7.35. The van der Waals surface area contributed by atoms with Gasteiger partial charge in [0.1, 0.15) is 11.4 Å². The van der Waals surface area contributed by atoms with E-state index in [4.69, 9.17) is 4.74 Å². The van der Waals surface area contributed by atoms with Crippen LogP contribution in [0.5, 0.6) is 5.75 Å². The number of rotatable bonds is 5. The molecule has 1 amide bonds. The monoisotopic (exact) mass is 374 g/mol. The maximum atomic E-state index is 13.9. The zero-order chi connectivity index (χ0) is 19.5. The summed E-state index contributed by atoms with van der Waals surface area (Å²) in [5.74, 6) is -3.17. The van der Waals surface area contributed by atoms with Crippen molar-refractivity contribution in [1.29, 1.82) is 0 Å². The van der Waals surface area contributed by atoms with Gasteiger partial charge >= 0.3 is 6.18 Å². The summed E-state index contributed by atoms with van der Waals surface area (Å²) in [6.45, 7) is -0.758. The summed E-state index contributed by atoms with van der Waals surface area (Å²) in [6.07, 6.45) is -4.64. The Kier molecular flexibility index (Phi) is 5.69. The molecule has 0 saturated heterocycles. The molecule has 0 atom stereocenters. The van der Waals surface area contributed by atoms with Crippen LogP contribution in [-0.4, -0.2) is 26.6 Å². The summed E-state index contributed by atoms with van der Waals surface area (Å²) >= 11 is 0. The van der Waals surface area contributed by atoms with E-state index in [0.717, 1.165) is 24.3 Å². The second-order valence-corrected chi connectivity index (χ2v) is 5.51. The molecule has 0 unspecified atom stereocenters. The van der Waals surface area contributed by atoms with Gasteiger partial charge in [-0.05, 0) is 24.3 Å². The molecule has 0 heterocycles. The fraction of sp³-hybridized carbons (Fsp3) is 0.235. The standard InChI is InChI=1S/C17H15F5N2O2/c1-24(2)16-12(18)7-10(8-13(16)19)23-15(25)9-26-14-6-4-3-5-11(14)17(20,21)22/h3-8H,9H2,1-2H3,(H,23,25). The first-order chi connectivity index (χ1) is 12.1. The molecule has 2 aromatic rings. The molecule has 0 saturated carbocycles. The van der Waals surface area contributed by atoms with Crippen LogP contribution in [-0.2, 0) is 11.0 Å². The van der Waals surface area contributed by atoms with Crippen molar-refractivity contribution in [2.75, 3.05) is 30.9 Å². The number of amides is 1. The SMILES string of the molecule is CN(C)c1c(F)cc(NC(=O)COc2ccccc2C(F)(F)F)cc1F. The van der Waals surface area contributed by atoms with Gasteiger partial charge in [-0.1, -0.05) is 12.1 Å². The Morgan fingerprint density at radius 2 is 1.69 bits per heavy atom. The molecule has 0 radical (unpaired) electrons. The minimum atomic E-state index is -4.64. The van der Waals surface area contributed by atoms with Crippen LogP contribution in [0.15, 0.2) is 36.4 Å². The van der Waals surface area contributed by atoms with Crippen LogP contribution in [0.25, 0.3) is 0 Å². The minimum Gasteiger partial charge on any atom is -0.483 e. The van der Waals surface area contributed by atoms with E-state index in [0.29, 0.717) is 0 Å². The fourth-order valence-electron chi connectivity index (χ4n) is 2.23. The lowest BCUT2D eigenvalue weighted by Crippen LogP contribution is -2.22. The number of alkyl halides is 3. The lowest BCUT2D eigenvalue weighted by molar-refractivity contribution is -0.139. The number of nitrogens with zero attached hydrogens (tertiary/aromatic N) is 1. The number of nitrogens with one attached hydrogen (secondary N) is 1. The summed E-state index contributed by atoms with van der Waals surface area (Å²) in [5.41, 5.74) is -1.48. The predicted molar refractivity (Wildman–Crippen MR) is 86.3 cm³/mol. The molecule has 0 fully saturated rings. The highest BCUT2D eigenvalue weighted by Gasteiger charge is 2.34. The van der Waals surface area contributed by atoms with Gasteiger partial charge in [0, 0.05) is 19.8 Å². The van der Waals surface area contributed by atoms with Crippen molar-refractivity contribution in [2.45, 2.75) is 6.18 Å². The smallest absolute Gasteiger partial charge is 0.419 e. The van der Waals surface area contributed by atoms with Gasteiger partial charge < -0.3 is 15.0 Å². The third kappa shape index (κ3) is 4.62. The van der Waals surface area contributed by atoms with Crippen LogP contribution in [0.4, 0.5) is 33.3 Å². The first-order valence-electron chi connectivity index (χ1n) is 7.35. The van der Waals surface area contributed by atoms with E-state index in [2.05, 4.69) is 5.32 Å². The number of hydrogen-bond acceptors (Lipinski definition) is 3. The van der Waals surface area contributed by atoms with Crippen molar-refractivity contribution in [2.24, 2.45) is 0 Å². The van der Waals surface area contributed by atoms with Gasteiger partial charge in [0.05, 0.1) is 5.56 Å². The van der Waals surface area contributed by atoms with E-state index < -0.39 is 41.6 Å². The Morgan fingerprint density at radius 3 is 2.23 bits per heavy atom. The molecule has 0 aliphatic carbocycles. The van der Waals surface area contributed by atoms with Crippen LogP contribution >= 0.6 is 0 Å². The number of hydrogen-bond donors (Lipinski definition) is 1. The van der Waals surface area contributed by atoms with Gasteiger partial charge in [-0.25, -0.2) is 8.78 Å². The summed E-state index contributed by atoms with van der Waals surface area (Å²) < 4.78 is 71.1. The van der Waals surface area contributed by atoms with Crippen molar-refractivity contribution >= 4 is 17.3 Å². The molecule has 26 heavy (non-hydrogen) atoms. The average Bonchev–Trinajstić information content (AvgIpc) is 2.51. The third-order valence-electron chi connectivity index (χ3n) is 3.30. The van der Waals surface area contributed by atoms with Gasteiger partial charge in [0.15, 0.2) is 18.2 Å². The molecule has 2 aromatic carbocycles. The first kappa shape index (κ1) is 19.5. The zero-order valence-corrected chi connectivity index (χ0v) is 13.8. The Hall–Kier alpha value is -2.84. The van der Waals surface area contributed by atoms with Gasteiger partial charge in [-0.2, -0.15) is 13.2 Å². The molecule has 0 bridgehead atoms. The van der Waals surface area contributed by atoms with E-state index in [1.807, 2.05) is 0 Å². The van der Waals surface area contributed by atoms with Crippen LogP contribution < -0.4 is 15.0 Å². The van der Waals surface area contributed by atoms with E-state index in [1.54, 1.807) is 0 Å². The summed E-state index contributed by atoms with van der Waals surface area (Å²) in [5, 5.41) is 2.17. The van der Waals surface area contributed by atoms with Gasteiger partial charge in [0.25, 0.3) is 5.91 Å². The molecular formula is C17H15F5N2O2. The highest BCUT2D eigenvalue weighted by atomic mass is 19.4. The van der Waals surface area contributed by atoms with Crippen LogP contribution in [0.3, 0.4) is 0 Å². The predicted octanol–water partition coefficient (Wildman–Crippen LogP) is 4.07. The highest BCUT2D eigenvalue weighted by Crippen LogP contribution is 2.35. The number of carbonyl (C=O) groups is 1. The molecule has 0 spiro atoms. The molecule has 9 heteroatoms. The normalized spacial score (nSPS) is 11.2. The van der Waals surface area contributed by atoms with Gasteiger partial charge in [-0.15, -0.1) is 0 Å². The Bertz CT molecular complexity index is 783. The third-order valence-corrected chi connectivity index (χ3v) is 3.30. The second kappa shape index (κ2) is 7.59. The summed E-state index contributed by atoms with van der Waals surface area (Å²) in [6, 6.07) is 6.21. The van der Waals surface area contributed by atoms with Crippen molar-refractivity contribution in [3.05, 3.63) is 53.6 Å². The molecule has 0 aromatic heterocycles. The maximum absolute atomic E-state index is 13.9. The van der Waals surface area contributed by atoms with Gasteiger partial charge in [0.2, 0.25) is 0 Å². The summed E-state index contributed by atoms with van der Waals surface area (Å²) in [4.78, 5) is 13.0. The van der Waals surface area contributed by atoms with E-state index in [1.165, 1.54) is 31.1 Å². The number of carbonyl (C=O) groups excluding carboxylic acids is 1. The van der Waals surface area contributed by atoms with Crippen molar-refractivity contribution in [1.82, 2.24) is 0 Å². The number of halogens is 5. The topological polar surface area (TPSA) is 41.6 Å². The number of ether oxygens (including phenoxy) is 1. The van der Waals surface area contributed by atoms with Crippen LogP contribution in [0.2, 0.25) is 0 Å². The lowest BCUT2D eigenvalue weighted by atomic mass is 10.2. The number of benzene rings is 2. The highest BCUT2D eigenvalue weighted by molar-refractivity contribution is 5.92. The van der Waals surface area contributed by atoms with Crippen LogP contribution in [0.1, 0.15) is 5.56 Å². The maximum Gasteiger partial charge on any atom is 0.419 e. The molecule has 0 aliphatic rings. The fourth-order valence-corrected chi connectivity index (χ4v) is 2.23. The lowest BCUT2D eigenvalue weighted by Gasteiger charge is -2.16. The van der Waals surface area contributed by atoms with Crippen molar-refractivity contribution in [3.63, 3.8) is 0 Å². The van der Waals surface area contributed by atoms with E-state index >= 15 is 0 Å². The quantitative estimate of drug-likeness (QED) is 0.803. The second-order valence-electron chi connectivity index (χ2n) is 5.51. The molecule has 1 N–H and O–H groups in total. The molecule has 2 rings (SSSR count). The van der Waals surface area contributed by atoms with Gasteiger partial charge in [-0.3, -0.25) is 4.79 Å². The average molecular weight is 374 g/mol. The number of anilines is 2. The molecular weight excluding hydrogens is 359 g/mol. The Labute approximate surface area is 146 Å². The largest absolute Gasteiger partial charge is 0.483 e. The zero-order valence-electron chi connectivity index (χ0n) is 13.8. The molecule has 140 valence electrons. The van der Waals surface area contributed by atoms with E-state index in [-0.39, 0.29) is 11.4 Å². The molecule has 0 aliphatic heterocycles. The Morgan fingerprint density at radius 1 is 1.12 bits per heavy atom. The summed E-state index contributed by atoms with van der Waals surface area (Å²) in [7, 11) is 2.90.